The van der Waals surface area contributed by atoms with Crippen LogP contribution in [0, 0.1) is 5.92 Å². The lowest BCUT2D eigenvalue weighted by molar-refractivity contribution is -0.122. The minimum absolute atomic E-state index is 0.266. The maximum absolute atomic E-state index is 14.0. The van der Waals surface area contributed by atoms with Crippen molar-refractivity contribution in [3.05, 3.63) is 86.8 Å². The summed E-state index contributed by atoms with van der Waals surface area (Å²) in [5.41, 5.74) is 1.72. The van der Waals surface area contributed by atoms with E-state index in [0.29, 0.717) is 56.4 Å². The second-order valence-corrected chi connectivity index (χ2v) is 12.3. The van der Waals surface area contributed by atoms with Crippen LogP contribution in [0.4, 0.5) is 11.4 Å². The predicted octanol–water partition coefficient (Wildman–Crippen LogP) is 4.67. The van der Waals surface area contributed by atoms with Gasteiger partial charge in [-0.05, 0) is 73.2 Å². The number of hydrogen-bond acceptors (Lipinski definition) is 10. The van der Waals surface area contributed by atoms with E-state index < -0.39 is 17.1 Å². The van der Waals surface area contributed by atoms with Gasteiger partial charge in [0.25, 0.3) is 5.91 Å². The first-order valence-electron chi connectivity index (χ1n) is 14.1. The van der Waals surface area contributed by atoms with E-state index in [1.165, 1.54) is 16.7 Å². The predicted molar refractivity (Wildman–Crippen MR) is 170 cm³/mol. The molecule has 0 bridgehead atoms. The number of benzene rings is 3. The van der Waals surface area contributed by atoms with Gasteiger partial charge in [-0.3, -0.25) is 19.2 Å². The number of imide groups is 1. The Labute approximate surface area is 266 Å². The Kier molecular flexibility index (Phi) is 8.55. The number of H-pyrrole nitrogens is 1. The van der Waals surface area contributed by atoms with E-state index in [0.717, 1.165) is 11.3 Å². The number of hydrogen-bond donors (Lipinski definition) is 2. The monoisotopic (exact) mass is 647 g/mol. The van der Waals surface area contributed by atoms with E-state index in [1.807, 2.05) is 6.92 Å². The third-order valence-electron chi connectivity index (χ3n) is 7.51. The molecule has 2 aliphatic heterocycles. The molecule has 232 valence electrons. The third kappa shape index (κ3) is 5.88. The Morgan fingerprint density at radius 3 is 2.24 bits per heavy atom. The smallest absolute Gasteiger partial charge is 0.305 e. The van der Waals surface area contributed by atoms with Crippen molar-refractivity contribution < 1.29 is 33.3 Å². The highest BCUT2D eigenvalue weighted by Gasteiger charge is 2.56. The maximum atomic E-state index is 14.0. The number of aromatic amines is 1. The van der Waals surface area contributed by atoms with E-state index in [1.54, 1.807) is 80.9 Å². The minimum Gasteiger partial charge on any atom is -0.497 e. The van der Waals surface area contributed by atoms with Crippen molar-refractivity contribution in [2.24, 2.45) is 5.92 Å². The van der Waals surface area contributed by atoms with E-state index >= 15 is 0 Å². The topological polar surface area (TPSA) is 136 Å². The molecule has 0 spiro atoms. The van der Waals surface area contributed by atoms with E-state index in [4.69, 9.17) is 18.9 Å². The van der Waals surface area contributed by atoms with Crippen LogP contribution in [0.5, 0.6) is 23.0 Å². The summed E-state index contributed by atoms with van der Waals surface area (Å²) < 4.78 is 22.1. The second-order valence-electron chi connectivity index (χ2n) is 10.2. The number of anilines is 2. The number of thioether (sulfide) groups is 1. The van der Waals surface area contributed by atoms with Gasteiger partial charge in [-0.25, -0.2) is 4.90 Å². The quantitative estimate of drug-likeness (QED) is 0.236. The van der Waals surface area contributed by atoms with Crippen molar-refractivity contribution in [1.29, 1.82) is 0 Å². The summed E-state index contributed by atoms with van der Waals surface area (Å²) in [6.45, 7) is 1.86. The number of ether oxygens (including phenoxy) is 4. The molecular weight excluding hydrogens is 618 g/mol. The van der Waals surface area contributed by atoms with Crippen molar-refractivity contribution in [2.75, 3.05) is 37.7 Å². The number of aromatic nitrogens is 1. The van der Waals surface area contributed by atoms with Gasteiger partial charge in [0.2, 0.25) is 11.8 Å². The fourth-order valence-corrected chi connectivity index (χ4v) is 8.00. The minimum atomic E-state index is -0.764. The fourth-order valence-electron chi connectivity index (χ4n) is 5.48. The van der Waals surface area contributed by atoms with Crippen LogP contribution in [-0.2, 0) is 14.4 Å². The highest BCUT2D eigenvalue weighted by Crippen LogP contribution is 2.53. The Hall–Kier alpha value is -4.75. The van der Waals surface area contributed by atoms with Crippen LogP contribution >= 0.6 is 23.1 Å². The maximum Gasteiger partial charge on any atom is 0.305 e. The molecule has 4 aromatic rings. The Morgan fingerprint density at radius 2 is 1.58 bits per heavy atom. The summed E-state index contributed by atoms with van der Waals surface area (Å²) >= 11 is 2.23. The van der Waals surface area contributed by atoms with Crippen LogP contribution < -0.4 is 34.0 Å². The average Bonchev–Trinajstić information content (AvgIpc) is 3.54. The summed E-state index contributed by atoms with van der Waals surface area (Å²) in [4.78, 5) is 57.3. The number of nitrogens with one attached hydrogen (secondary N) is 2. The lowest BCUT2D eigenvalue weighted by Gasteiger charge is -2.30. The SMILES string of the molecule is CCOc1cc([C@H]2c3sc(=O)[nH]c3SC3C(=O)N(c4ccc(OC)cc4)C(=O)C32)ccc1OCC(=O)Nc1ccc(OC)cc1. The van der Waals surface area contributed by atoms with Crippen molar-refractivity contribution in [1.82, 2.24) is 4.98 Å². The van der Waals surface area contributed by atoms with Crippen molar-refractivity contribution in [3.63, 3.8) is 0 Å². The molecule has 6 rings (SSSR count). The van der Waals surface area contributed by atoms with Gasteiger partial charge < -0.3 is 29.2 Å². The molecular formula is C32H29N3O8S2. The molecule has 0 aliphatic carbocycles. The summed E-state index contributed by atoms with van der Waals surface area (Å²) in [5.74, 6) is -0.450. The summed E-state index contributed by atoms with van der Waals surface area (Å²) in [7, 11) is 3.11. The van der Waals surface area contributed by atoms with Gasteiger partial charge in [0.1, 0.15) is 16.7 Å². The lowest BCUT2D eigenvalue weighted by atomic mass is 9.83. The van der Waals surface area contributed by atoms with Gasteiger partial charge in [-0.2, -0.15) is 0 Å². The normalized spacial score (nSPS) is 18.6. The number of fused-ring (bicyclic) bond motifs is 2. The zero-order valence-corrected chi connectivity index (χ0v) is 26.2. The van der Waals surface area contributed by atoms with Crippen molar-refractivity contribution >= 4 is 52.2 Å². The Bertz CT molecular complexity index is 1800. The summed E-state index contributed by atoms with van der Waals surface area (Å²) in [5, 5.41) is 2.61. The molecule has 13 heteroatoms. The molecule has 2 unspecified atom stereocenters. The molecule has 3 aromatic carbocycles. The molecule has 0 radical (unpaired) electrons. The number of methoxy groups -OCH3 is 2. The first-order valence-corrected chi connectivity index (χ1v) is 15.8. The van der Waals surface area contributed by atoms with Crippen LogP contribution in [-0.4, -0.2) is 55.4 Å². The summed E-state index contributed by atoms with van der Waals surface area (Å²) in [6.07, 6.45) is 0. The van der Waals surface area contributed by atoms with Gasteiger partial charge in [0.05, 0.1) is 37.5 Å². The molecule has 2 N–H and O–H groups in total. The molecule has 45 heavy (non-hydrogen) atoms. The summed E-state index contributed by atoms with van der Waals surface area (Å²) in [6, 6.07) is 18.9. The number of carbonyl (C=O) groups excluding carboxylic acids is 3. The van der Waals surface area contributed by atoms with E-state index in [2.05, 4.69) is 10.3 Å². The molecule has 11 nitrogen and oxygen atoms in total. The third-order valence-corrected chi connectivity index (χ3v) is 9.91. The molecule has 3 heterocycles. The molecule has 3 amide bonds. The molecule has 1 fully saturated rings. The number of amides is 3. The number of nitrogens with zero attached hydrogens (tertiary/aromatic N) is 1. The molecule has 3 atom stereocenters. The number of rotatable bonds is 10. The Balaban J connectivity index is 1.28. The van der Waals surface area contributed by atoms with Gasteiger partial charge in [0, 0.05) is 16.5 Å². The fraction of sp³-hybridized carbons (Fsp3) is 0.250. The highest BCUT2D eigenvalue weighted by molar-refractivity contribution is 8.00. The van der Waals surface area contributed by atoms with Gasteiger partial charge in [0.15, 0.2) is 18.1 Å². The zero-order valence-electron chi connectivity index (χ0n) is 24.5. The number of thiazole rings is 1. The Morgan fingerprint density at radius 1 is 0.889 bits per heavy atom. The van der Waals surface area contributed by atoms with Gasteiger partial charge >= 0.3 is 4.87 Å². The van der Waals surface area contributed by atoms with E-state index in [9.17, 15) is 19.2 Å². The van der Waals surface area contributed by atoms with Crippen LogP contribution in [0.25, 0.3) is 0 Å². The van der Waals surface area contributed by atoms with Crippen LogP contribution in [0.1, 0.15) is 23.3 Å². The highest BCUT2D eigenvalue weighted by atomic mass is 32.2. The van der Waals surface area contributed by atoms with Crippen molar-refractivity contribution in [2.45, 2.75) is 23.1 Å². The largest absolute Gasteiger partial charge is 0.497 e. The molecule has 1 aromatic heterocycles. The van der Waals surface area contributed by atoms with Gasteiger partial charge in [-0.15, -0.1) is 0 Å². The van der Waals surface area contributed by atoms with Crippen LogP contribution in [0.15, 0.2) is 76.6 Å². The zero-order chi connectivity index (χ0) is 31.7. The molecule has 1 saturated heterocycles. The molecule has 2 aliphatic rings. The van der Waals surface area contributed by atoms with Crippen LogP contribution in [0.2, 0.25) is 0 Å². The van der Waals surface area contributed by atoms with Crippen molar-refractivity contribution in [3.8, 4) is 23.0 Å². The molecule has 0 saturated carbocycles. The average molecular weight is 648 g/mol. The van der Waals surface area contributed by atoms with Gasteiger partial charge in [-0.1, -0.05) is 29.2 Å². The number of carbonyl (C=O) groups is 3. The second kappa shape index (κ2) is 12.7. The van der Waals surface area contributed by atoms with Crippen LogP contribution in [0.3, 0.4) is 0 Å². The lowest BCUT2D eigenvalue weighted by Crippen LogP contribution is -2.32. The first kappa shape index (κ1) is 30.3. The standard InChI is InChI=1S/C32H29N3O8S2/c1-4-42-23-15-17(5-14-22(23)43-16-24(36)33-18-6-10-20(40-2)11-7-18)25-26-28(44-29-27(25)45-32(39)34-29)31(38)35(30(26)37)19-8-12-21(41-3)13-9-19/h5-15,25-26,28H,4,16H2,1-3H3,(H,33,36)(H,34,39)/t25-,26?,28?/m1/s1. The van der Waals surface area contributed by atoms with E-state index in [-0.39, 0.29) is 29.2 Å². The first-order chi connectivity index (χ1) is 21.8.